The van der Waals surface area contributed by atoms with Crippen molar-refractivity contribution in [2.24, 2.45) is 10.7 Å². The van der Waals surface area contributed by atoms with E-state index in [1.807, 2.05) is 24.5 Å². The SMILES string of the molecule is CCC\C=c1/c(Cc2cnc(CN3CCCC3)s2)c[nH]/c1=C(N)/N=C(\C)OCCCC. The maximum atomic E-state index is 6.36. The second kappa shape index (κ2) is 12.1. The van der Waals surface area contributed by atoms with Gasteiger partial charge in [-0.15, -0.1) is 11.3 Å². The molecule has 3 heterocycles. The van der Waals surface area contributed by atoms with Crippen molar-refractivity contribution in [2.75, 3.05) is 19.7 Å². The van der Waals surface area contributed by atoms with Crippen molar-refractivity contribution in [3.8, 4) is 0 Å². The Morgan fingerprint density at radius 3 is 2.87 bits per heavy atom. The summed E-state index contributed by atoms with van der Waals surface area (Å²) in [5.74, 6) is 1.08. The molecule has 3 rings (SSSR count). The summed E-state index contributed by atoms with van der Waals surface area (Å²) in [4.78, 5) is 16.3. The molecular formula is C24H37N5OS. The average Bonchev–Trinajstić information content (AvgIpc) is 3.49. The number of aromatic nitrogens is 2. The number of aromatic amines is 1. The molecule has 0 atom stereocenters. The lowest BCUT2D eigenvalue weighted by atomic mass is 10.1. The van der Waals surface area contributed by atoms with Crippen LogP contribution < -0.4 is 16.3 Å². The summed E-state index contributed by atoms with van der Waals surface area (Å²) in [5.41, 5.74) is 7.60. The van der Waals surface area contributed by atoms with Gasteiger partial charge in [-0.05, 0) is 44.3 Å². The van der Waals surface area contributed by atoms with Crippen LogP contribution in [0.2, 0.25) is 0 Å². The molecule has 2 aromatic rings. The Hall–Kier alpha value is -2.12. The highest BCUT2D eigenvalue weighted by Crippen LogP contribution is 2.19. The minimum atomic E-state index is 0.474. The van der Waals surface area contributed by atoms with Crippen LogP contribution in [0.3, 0.4) is 0 Å². The van der Waals surface area contributed by atoms with Crippen molar-refractivity contribution in [1.29, 1.82) is 0 Å². The predicted octanol–water partition coefficient (Wildman–Crippen LogP) is 3.50. The zero-order valence-electron chi connectivity index (χ0n) is 19.2. The second-order valence-corrected chi connectivity index (χ2v) is 9.39. The Morgan fingerprint density at radius 2 is 2.13 bits per heavy atom. The minimum Gasteiger partial charge on any atom is -0.481 e. The molecule has 31 heavy (non-hydrogen) atoms. The van der Waals surface area contributed by atoms with Gasteiger partial charge in [0, 0.05) is 35.8 Å². The number of ether oxygens (including phenoxy) is 1. The molecule has 0 bridgehead atoms. The molecular weight excluding hydrogens is 406 g/mol. The van der Waals surface area contributed by atoms with Gasteiger partial charge in [-0.25, -0.2) is 4.98 Å². The first-order chi connectivity index (χ1) is 15.1. The number of thiazole rings is 1. The second-order valence-electron chi connectivity index (χ2n) is 8.19. The summed E-state index contributed by atoms with van der Waals surface area (Å²) in [6, 6.07) is 0. The third kappa shape index (κ3) is 6.94. The zero-order chi connectivity index (χ0) is 22.1. The van der Waals surface area contributed by atoms with Crippen LogP contribution in [0.25, 0.3) is 11.9 Å². The first-order valence-electron chi connectivity index (χ1n) is 11.6. The van der Waals surface area contributed by atoms with Crippen LogP contribution in [0.1, 0.15) is 74.7 Å². The van der Waals surface area contributed by atoms with Crippen LogP contribution in [0.15, 0.2) is 17.4 Å². The summed E-state index contributed by atoms with van der Waals surface area (Å²) in [6.45, 7) is 10.2. The molecule has 3 N–H and O–H groups in total. The molecule has 0 aliphatic carbocycles. The van der Waals surface area contributed by atoms with Gasteiger partial charge in [0.2, 0.25) is 0 Å². The van der Waals surface area contributed by atoms with Crippen molar-refractivity contribution in [1.82, 2.24) is 14.9 Å². The zero-order valence-corrected chi connectivity index (χ0v) is 20.1. The number of rotatable bonds is 10. The molecule has 1 aliphatic rings. The van der Waals surface area contributed by atoms with E-state index in [2.05, 4.69) is 46.0 Å². The highest BCUT2D eigenvalue weighted by atomic mass is 32.1. The first-order valence-corrected chi connectivity index (χ1v) is 12.4. The maximum Gasteiger partial charge on any atom is 0.186 e. The Bertz CT molecular complexity index is 969. The molecule has 0 saturated carbocycles. The van der Waals surface area contributed by atoms with Gasteiger partial charge in [0.05, 0.1) is 18.5 Å². The monoisotopic (exact) mass is 443 g/mol. The summed E-state index contributed by atoms with van der Waals surface area (Å²) in [7, 11) is 0. The van der Waals surface area contributed by atoms with Crippen LogP contribution in [-0.2, 0) is 17.7 Å². The van der Waals surface area contributed by atoms with E-state index in [4.69, 9.17) is 10.5 Å². The van der Waals surface area contributed by atoms with E-state index in [0.717, 1.165) is 49.2 Å². The summed E-state index contributed by atoms with van der Waals surface area (Å²) < 4.78 is 5.67. The molecule has 170 valence electrons. The third-order valence-corrected chi connectivity index (χ3v) is 6.49. The van der Waals surface area contributed by atoms with Gasteiger partial charge in [-0.3, -0.25) is 4.90 Å². The number of likely N-dealkylation sites (tertiary alicyclic amines) is 1. The van der Waals surface area contributed by atoms with E-state index in [-0.39, 0.29) is 0 Å². The van der Waals surface area contributed by atoms with Gasteiger partial charge < -0.3 is 15.5 Å². The normalized spacial score (nSPS) is 16.9. The molecule has 1 fully saturated rings. The van der Waals surface area contributed by atoms with E-state index in [1.165, 1.54) is 41.4 Å². The summed E-state index contributed by atoms with van der Waals surface area (Å²) >= 11 is 1.82. The molecule has 0 unspecified atom stereocenters. The van der Waals surface area contributed by atoms with Crippen molar-refractivity contribution < 1.29 is 4.74 Å². The molecule has 1 aliphatic heterocycles. The fourth-order valence-electron chi connectivity index (χ4n) is 3.80. The van der Waals surface area contributed by atoms with Gasteiger partial charge in [0.1, 0.15) is 5.01 Å². The first kappa shape index (κ1) is 23.5. The molecule has 0 amide bonds. The Kier molecular flexibility index (Phi) is 9.15. The quantitative estimate of drug-likeness (QED) is 0.335. The smallest absolute Gasteiger partial charge is 0.186 e. The number of unbranched alkanes of at least 4 members (excludes halogenated alkanes) is 2. The molecule has 0 radical (unpaired) electrons. The van der Waals surface area contributed by atoms with Gasteiger partial charge >= 0.3 is 0 Å². The van der Waals surface area contributed by atoms with Crippen molar-refractivity contribution in [3.63, 3.8) is 0 Å². The van der Waals surface area contributed by atoms with E-state index < -0.39 is 0 Å². The number of H-pyrrole nitrogens is 1. The summed E-state index contributed by atoms with van der Waals surface area (Å²) in [5, 5.41) is 3.24. The van der Waals surface area contributed by atoms with Gasteiger partial charge in [-0.1, -0.05) is 32.8 Å². The Morgan fingerprint density at radius 1 is 1.32 bits per heavy atom. The van der Waals surface area contributed by atoms with Crippen molar-refractivity contribution >= 4 is 29.1 Å². The molecule has 2 aromatic heterocycles. The van der Waals surface area contributed by atoms with Crippen LogP contribution in [-0.4, -0.2) is 40.5 Å². The van der Waals surface area contributed by atoms with Gasteiger partial charge in [-0.2, -0.15) is 4.99 Å². The lowest BCUT2D eigenvalue weighted by Crippen LogP contribution is -2.30. The highest BCUT2D eigenvalue weighted by Gasteiger charge is 2.14. The van der Waals surface area contributed by atoms with Crippen molar-refractivity contribution in [3.05, 3.63) is 38.4 Å². The Balaban J connectivity index is 1.80. The third-order valence-electron chi connectivity index (χ3n) is 5.51. The van der Waals surface area contributed by atoms with Crippen LogP contribution >= 0.6 is 11.3 Å². The molecule has 7 heteroatoms. The van der Waals surface area contributed by atoms with Crippen molar-refractivity contribution in [2.45, 2.75) is 72.3 Å². The molecule has 6 nitrogen and oxygen atoms in total. The maximum absolute atomic E-state index is 6.36. The fourth-order valence-corrected chi connectivity index (χ4v) is 4.79. The number of nitrogens with two attached hydrogens (primary N) is 1. The standard InChI is InChI=1S/C24H37N5OS/c1-4-6-10-21-19(14-20-16-26-22(31-20)17-29-11-8-9-12-29)15-27-23(21)24(25)28-18(3)30-13-7-5-2/h10,15-16,27H,4-9,11-14,17,25H2,1-3H3/b21-10+,24-23+,28-18+. The predicted molar refractivity (Wildman–Crippen MR) is 130 cm³/mol. The average molecular weight is 444 g/mol. The number of nitrogens with one attached hydrogen (secondary N) is 1. The van der Waals surface area contributed by atoms with E-state index in [1.54, 1.807) is 0 Å². The van der Waals surface area contributed by atoms with Crippen LogP contribution in [0.5, 0.6) is 0 Å². The topological polar surface area (TPSA) is 79.5 Å². The number of hydrogen-bond donors (Lipinski definition) is 2. The molecule has 1 saturated heterocycles. The van der Waals surface area contributed by atoms with E-state index >= 15 is 0 Å². The van der Waals surface area contributed by atoms with Gasteiger partial charge in [0.25, 0.3) is 0 Å². The number of nitrogens with zero attached hydrogens (tertiary/aromatic N) is 3. The van der Waals surface area contributed by atoms with Crippen LogP contribution in [0, 0.1) is 0 Å². The van der Waals surface area contributed by atoms with E-state index in [9.17, 15) is 0 Å². The molecule has 0 spiro atoms. The van der Waals surface area contributed by atoms with Gasteiger partial charge in [0.15, 0.2) is 11.7 Å². The lowest BCUT2D eigenvalue weighted by molar-refractivity contribution is 0.294. The largest absolute Gasteiger partial charge is 0.481 e. The lowest BCUT2D eigenvalue weighted by Gasteiger charge is -2.11. The van der Waals surface area contributed by atoms with Crippen LogP contribution in [0.4, 0.5) is 0 Å². The number of hydrogen-bond acceptors (Lipinski definition) is 6. The number of aliphatic imine (C=N–C) groups is 1. The van der Waals surface area contributed by atoms with E-state index in [0.29, 0.717) is 18.3 Å². The highest BCUT2D eigenvalue weighted by molar-refractivity contribution is 7.11. The minimum absolute atomic E-state index is 0.474. The fraction of sp³-hybridized carbons (Fsp3) is 0.583. The summed E-state index contributed by atoms with van der Waals surface area (Å²) in [6.07, 6.45) is 14.0. The molecule has 0 aromatic carbocycles. The Labute approximate surface area is 189 Å².